The van der Waals surface area contributed by atoms with Crippen LogP contribution in [0.15, 0.2) is 60.7 Å². The number of carbonyl (C=O) groups excluding carboxylic acids is 1. The normalized spacial score (nSPS) is 19.2. The van der Waals surface area contributed by atoms with Gasteiger partial charge in [-0.15, -0.1) is 0 Å². The summed E-state index contributed by atoms with van der Waals surface area (Å²) in [6, 6.07) is 20.1. The Labute approximate surface area is 165 Å². The van der Waals surface area contributed by atoms with Crippen LogP contribution in [0.2, 0.25) is 0 Å². The monoisotopic (exact) mass is 374 g/mol. The Hall–Kier alpha value is -2.92. The van der Waals surface area contributed by atoms with Crippen LogP contribution >= 0.6 is 0 Å². The number of aryl methyl sites for hydroxylation is 2. The molecular formula is C23H26N4O. The van der Waals surface area contributed by atoms with Crippen LogP contribution in [-0.2, 0) is 0 Å². The highest BCUT2D eigenvalue weighted by atomic mass is 16.2. The third-order valence-electron chi connectivity index (χ3n) is 5.63. The molecule has 1 aliphatic rings. The predicted octanol–water partition coefficient (Wildman–Crippen LogP) is 3.30. The maximum absolute atomic E-state index is 13.1. The average Bonchev–Trinajstić information content (AvgIpc) is 3.31. The number of rotatable bonds is 4. The summed E-state index contributed by atoms with van der Waals surface area (Å²) in [4.78, 5) is 15.0. The summed E-state index contributed by atoms with van der Waals surface area (Å²) >= 11 is 0. The summed E-state index contributed by atoms with van der Waals surface area (Å²) in [6.07, 6.45) is 0. The molecule has 2 N–H and O–H groups in total. The number of nitrogens with two attached hydrogens (primary N) is 1. The zero-order valence-electron chi connectivity index (χ0n) is 16.4. The van der Waals surface area contributed by atoms with Crippen LogP contribution in [0.4, 0.5) is 0 Å². The Morgan fingerprint density at radius 1 is 1.07 bits per heavy atom. The van der Waals surface area contributed by atoms with Crippen LogP contribution < -0.4 is 5.73 Å². The van der Waals surface area contributed by atoms with Gasteiger partial charge in [0.25, 0.3) is 5.91 Å². The van der Waals surface area contributed by atoms with Gasteiger partial charge in [0, 0.05) is 30.3 Å². The first kappa shape index (κ1) is 18.4. The van der Waals surface area contributed by atoms with E-state index in [4.69, 9.17) is 5.73 Å². The molecule has 5 nitrogen and oxygen atoms in total. The van der Waals surface area contributed by atoms with Crippen molar-refractivity contribution in [3.05, 3.63) is 83.2 Å². The second kappa shape index (κ2) is 7.60. The fraction of sp³-hybridized carbons (Fsp3) is 0.304. The third-order valence-corrected chi connectivity index (χ3v) is 5.63. The van der Waals surface area contributed by atoms with Crippen molar-refractivity contribution in [2.75, 3.05) is 19.6 Å². The summed E-state index contributed by atoms with van der Waals surface area (Å²) in [6.45, 7) is 6.00. The highest BCUT2D eigenvalue weighted by molar-refractivity contribution is 5.94. The van der Waals surface area contributed by atoms with Crippen LogP contribution in [0.1, 0.15) is 33.2 Å². The molecule has 144 valence electrons. The molecular weight excluding hydrogens is 348 g/mol. The van der Waals surface area contributed by atoms with E-state index >= 15 is 0 Å². The van der Waals surface area contributed by atoms with Crippen molar-refractivity contribution < 1.29 is 4.79 Å². The van der Waals surface area contributed by atoms with Crippen LogP contribution in [0.3, 0.4) is 0 Å². The van der Waals surface area contributed by atoms with Gasteiger partial charge in [-0.05, 0) is 62.2 Å². The van der Waals surface area contributed by atoms with Gasteiger partial charge in [0.2, 0.25) is 0 Å². The molecule has 1 amide bonds. The average molecular weight is 374 g/mol. The molecule has 1 fully saturated rings. The molecule has 2 aromatic carbocycles. The molecule has 1 aliphatic heterocycles. The molecule has 0 saturated carbocycles. The number of nitrogens with zero attached hydrogens (tertiary/aromatic N) is 3. The third kappa shape index (κ3) is 3.45. The molecule has 0 spiro atoms. The smallest absolute Gasteiger partial charge is 0.253 e. The van der Waals surface area contributed by atoms with Gasteiger partial charge in [-0.1, -0.05) is 30.3 Å². The van der Waals surface area contributed by atoms with Gasteiger partial charge in [0.1, 0.15) is 0 Å². The number of hydrogen-bond donors (Lipinski definition) is 1. The molecule has 28 heavy (non-hydrogen) atoms. The van der Waals surface area contributed by atoms with E-state index in [0.29, 0.717) is 37.0 Å². The Kier molecular flexibility index (Phi) is 5.01. The second-order valence-corrected chi connectivity index (χ2v) is 7.61. The lowest BCUT2D eigenvalue weighted by molar-refractivity contribution is 0.0786. The molecule has 2 atom stereocenters. The van der Waals surface area contributed by atoms with Crippen molar-refractivity contribution in [2.45, 2.75) is 19.8 Å². The summed E-state index contributed by atoms with van der Waals surface area (Å²) in [5.74, 6) is 0.654. The van der Waals surface area contributed by atoms with Crippen molar-refractivity contribution >= 4 is 5.91 Å². The van der Waals surface area contributed by atoms with E-state index in [-0.39, 0.29) is 5.91 Å². The van der Waals surface area contributed by atoms with Crippen LogP contribution in [0, 0.1) is 19.8 Å². The molecule has 3 aromatic rings. The Bertz CT molecular complexity index is 962. The molecule has 2 heterocycles. The van der Waals surface area contributed by atoms with E-state index in [2.05, 4.69) is 17.2 Å². The zero-order chi connectivity index (χ0) is 19.7. The minimum atomic E-state index is 0.0665. The van der Waals surface area contributed by atoms with Gasteiger partial charge >= 0.3 is 0 Å². The molecule has 0 bridgehead atoms. The largest absolute Gasteiger partial charge is 0.338 e. The first-order valence-corrected chi connectivity index (χ1v) is 9.75. The minimum Gasteiger partial charge on any atom is -0.338 e. The molecule has 1 aromatic heterocycles. The van der Waals surface area contributed by atoms with Gasteiger partial charge in [-0.3, -0.25) is 4.79 Å². The number of aromatic nitrogens is 2. The number of hydrogen-bond acceptors (Lipinski definition) is 3. The minimum absolute atomic E-state index is 0.0665. The summed E-state index contributed by atoms with van der Waals surface area (Å²) in [5, 5.41) is 4.50. The van der Waals surface area contributed by atoms with Crippen molar-refractivity contribution in [1.82, 2.24) is 14.7 Å². The topological polar surface area (TPSA) is 64.2 Å². The Balaban J connectivity index is 1.52. The van der Waals surface area contributed by atoms with Gasteiger partial charge in [0.05, 0.1) is 11.4 Å². The van der Waals surface area contributed by atoms with Crippen LogP contribution in [-0.4, -0.2) is 40.2 Å². The van der Waals surface area contributed by atoms with E-state index in [9.17, 15) is 4.79 Å². The quantitative estimate of drug-likeness (QED) is 0.762. The molecule has 0 aliphatic carbocycles. The first-order valence-electron chi connectivity index (χ1n) is 9.75. The van der Waals surface area contributed by atoms with Gasteiger partial charge in [-0.25, -0.2) is 4.68 Å². The van der Waals surface area contributed by atoms with Crippen LogP contribution in [0.5, 0.6) is 0 Å². The van der Waals surface area contributed by atoms with Gasteiger partial charge in [-0.2, -0.15) is 5.10 Å². The molecule has 5 heteroatoms. The predicted molar refractivity (Wildman–Crippen MR) is 111 cm³/mol. The lowest BCUT2D eigenvalue weighted by atomic mass is 9.89. The molecule has 4 rings (SSSR count). The fourth-order valence-electron chi connectivity index (χ4n) is 4.17. The highest BCUT2D eigenvalue weighted by Gasteiger charge is 2.35. The van der Waals surface area contributed by atoms with Gasteiger partial charge in [0.15, 0.2) is 0 Å². The van der Waals surface area contributed by atoms with E-state index in [0.717, 1.165) is 17.1 Å². The molecule has 1 saturated heterocycles. The maximum atomic E-state index is 13.1. The van der Waals surface area contributed by atoms with Crippen molar-refractivity contribution in [3.63, 3.8) is 0 Å². The van der Waals surface area contributed by atoms with Crippen LogP contribution in [0.25, 0.3) is 5.69 Å². The number of benzene rings is 2. The van der Waals surface area contributed by atoms with E-state index in [1.165, 1.54) is 5.56 Å². The summed E-state index contributed by atoms with van der Waals surface area (Å²) in [5.41, 5.74) is 11.0. The van der Waals surface area contributed by atoms with Crippen molar-refractivity contribution in [3.8, 4) is 5.69 Å². The Morgan fingerprint density at radius 3 is 2.39 bits per heavy atom. The van der Waals surface area contributed by atoms with E-state index in [1.54, 1.807) is 0 Å². The standard InChI is InChI=1S/C23H26N4O/c1-16-12-17(2)27(25-16)21-10-8-19(9-11-21)23(28)26-14-20(13-24)22(15-26)18-6-4-3-5-7-18/h3-12,20,22H,13-15,24H2,1-2H3/t20-,22+/m1/s1. The van der Waals surface area contributed by atoms with Crippen molar-refractivity contribution in [2.24, 2.45) is 11.7 Å². The fourth-order valence-corrected chi connectivity index (χ4v) is 4.17. The molecule has 0 radical (unpaired) electrons. The summed E-state index contributed by atoms with van der Waals surface area (Å²) < 4.78 is 1.90. The summed E-state index contributed by atoms with van der Waals surface area (Å²) in [7, 11) is 0. The van der Waals surface area contributed by atoms with E-state index in [1.807, 2.05) is 72.0 Å². The van der Waals surface area contributed by atoms with E-state index < -0.39 is 0 Å². The second-order valence-electron chi connectivity index (χ2n) is 7.61. The number of amides is 1. The van der Waals surface area contributed by atoms with Crippen molar-refractivity contribution in [1.29, 1.82) is 0 Å². The number of carbonyl (C=O) groups is 1. The Morgan fingerprint density at radius 2 is 1.79 bits per heavy atom. The zero-order valence-corrected chi connectivity index (χ0v) is 16.4. The lowest BCUT2D eigenvalue weighted by Gasteiger charge is -2.17. The SMILES string of the molecule is Cc1cc(C)n(-c2ccc(C(=O)N3C[C@@H](CN)[C@H](c4ccccc4)C3)cc2)n1. The molecule has 0 unspecified atom stereocenters. The first-order chi connectivity index (χ1) is 13.6. The highest BCUT2D eigenvalue weighted by Crippen LogP contribution is 2.32. The number of likely N-dealkylation sites (tertiary alicyclic amines) is 1. The van der Waals surface area contributed by atoms with Gasteiger partial charge < -0.3 is 10.6 Å². The maximum Gasteiger partial charge on any atom is 0.253 e. The lowest BCUT2D eigenvalue weighted by Crippen LogP contribution is -2.29.